The van der Waals surface area contributed by atoms with E-state index in [-0.39, 0.29) is 0 Å². The molecule has 0 radical (unpaired) electrons. The molecule has 2 nitrogen and oxygen atoms in total. The van der Waals surface area contributed by atoms with Crippen molar-refractivity contribution < 1.29 is 0 Å². The second kappa shape index (κ2) is 7.54. The summed E-state index contributed by atoms with van der Waals surface area (Å²) in [6.07, 6.45) is 0. The Morgan fingerprint density at radius 1 is 0.559 bits per heavy atom. The Hall–Kier alpha value is -3.95. The van der Waals surface area contributed by atoms with Gasteiger partial charge in [-0.2, -0.15) is 0 Å². The van der Waals surface area contributed by atoms with Crippen molar-refractivity contribution in [3.8, 4) is 16.9 Å². The Kier molecular flexibility index (Phi) is 4.33. The molecule has 0 aliphatic carbocycles. The minimum atomic E-state index is 1.01. The largest absolute Gasteiger partial charge is 0.309 e. The maximum absolute atomic E-state index is 5.23. The molecule has 0 N–H and O–H groups in total. The second-order valence-electron chi connectivity index (χ2n) is 8.56. The number of hydrogen-bond acceptors (Lipinski definition) is 1. The van der Waals surface area contributed by atoms with Crippen LogP contribution in [-0.4, -0.2) is 9.55 Å². The Balaban J connectivity index is 1.78. The standard InChI is InChI=1S/C31H19BrN2/c32-21-16-14-20(15-17-21)30-29-25(23-10-4-6-12-27(23)33-30)18-19-26-24-11-5-7-13-28(24)34(31(26)29)22-8-2-1-3-9-22/h1-19H. The molecule has 0 saturated carbocycles. The predicted molar refractivity (Wildman–Crippen MR) is 147 cm³/mol. The van der Waals surface area contributed by atoms with E-state index in [2.05, 4.69) is 136 Å². The summed E-state index contributed by atoms with van der Waals surface area (Å²) in [5.41, 5.74) is 6.67. The molecule has 0 bridgehead atoms. The van der Waals surface area contributed by atoms with E-state index < -0.39 is 0 Å². The molecular formula is C31H19BrN2. The first-order chi connectivity index (χ1) is 16.8. The van der Waals surface area contributed by atoms with Crippen LogP contribution < -0.4 is 0 Å². The highest BCUT2D eigenvalue weighted by Crippen LogP contribution is 2.42. The van der Waals surface area contributed by atoms with Crippen LogP contribution in [0.15, 0.2) is 120 Å². The summed E-state index contributed by atoms with van der Waals surface area (Å²) in [5, 5.41) is 6.06. The van der Waals surface area contributed by atoms with Crippen molar-refractivity contribution in [1.82, 2.24) is 9.55 Å². The predicted octanol–water partition coefficient (Wildman–Crippen LogP) is 8.91. The number of pyridine rings is 1. The quantitative estimate of drug-likeness (QED) is 0.217. The second-order valence-corrected chi connectivity index (χ2v) is 9.47. The van der Waals surface area contributed by atoms with Gasteiger partial charge in [-0.25, -0.2) is 4.98 Å². The fourth-order valence-electron chi connectivity index (χ4n) is 5.16. The van der Waals surface area contributed by atoms with Crippen LogP contribution in [0.4, 0.5) is 0 Å². The van der Waals surface area contributed by atoms with Gasteiger partial charge in [0.2, 0.25) is 0 Å². The maximum Gasteiger partial charge on any atom is 0.0809 e. The van der Waals surface area contributed by atoms with Crippen LogP contribution in [0.1, 0.15) is 0 Å². The zero-order chi connectivity index (χ0) is 22.6. The van der Waals surface area contributed by atoms with Gasteiger partial charge in [0.1, 0.15) is 0 Å². The molecule has 2 heterocycles. The number of nitrogens with zero attached hydrogens (tertiary/aromatic N) is 2. The molecule has 0 atom stereocenters. The van der Waals surface area contributed by atoms with Gasteiger partial charge in [0.25, 0.3) is 0 Å². The molecule has 0 fully saturated rings. The van der Waals surface area contributed by atoms with Crippen LogP contribution >= 0.6 is 15.9 Å². The van der Waals surface area contributed by atoms with Gasteiger partial charge in [-0.3, -0.25) is 0 Å². The zero-order valence-corrected chi connectivity index (χ0v) is 19.8. The zero-order valence-electron chi connectivity index (χ0n) is 18.2. The van der Waals surface area contributed by atoms with Crippen molar-refractivity contribution in [3.63, 3.8) is 0 Å². The molecule has 7 rings (SSSR count). The lowest BCUT2D eigenvalue weighted by Crippen LogP contribution is -1.96. The van der Waals surface area contributed by atoms with Crippen LogP contribution in [0.25, 0.3) is 60.4 Å². The van der Waals surface area contributed by atoms with Gasteiger partial charge in [0, 0.05) is 37.3 Å². The number of halogens is 1. The van der Waals surface area contributed by atoms with Crippen LogP contribution in [0, 0.1) is 0 Å². The smallest absolute Gasteiger partial charge is 0.0809 e. The fourth-order valence-corrected chi connectivity index (χ4v) is 5.42. The summed E-state index contributed by atoms with van der Waals surface area (Å²) < 4.78 is 3.45. The minimum Gasteiger partial charge on any atom is -0.309 e. The van der Waals surface area contributed by atoms with Crippen molar-refractivity contribution in [2.45, 2.75) is 0 Å². The van der Waals surface area contributed by atoms with Gasteiger partial charge in [0.05, 0.1) is 22.2 Å². The first-order valence-corrected chi connectivity index (χ1v) is 12.1. The molecule has 0 aliphatic rings. The summed E-state index contributed by atoms with van der Waals surface area (Å²) in [7, 11) is 0. The molecule has 5 aromatic carbocycles. The third-order valence-electron chi connectivity index (χ3n) is 6.63. The normalized spacial score (nSPS) is 11.7. The molecule has 0 spiro atoms. The van der Waals surface area contributed by atoms with Gasteiger partial charge in [-0.1, -0.05) is 94.8 Å². The first kappa shape index (κ1) is 19.5. The molecule has 7 aromatic rings. The van der Waals surface area contributed by atoms with E-state index in [0.717, 1.165) is 26.9 Å². The third kappa shape index (κ3) is 2.84. The SMILES string of the molecule is Brc1ccc(-c2nc3ccccc3c3ccc4c5ccccc5n(-c5ccccc5)c4c23)cc1. The van der Waals surface area contributed by atoms with Crippen molar-refractivity contribution in [2.75, 3.05) is 0 Å². The van der Waals surface area contributed by atoms with E-state index in [9.17, 15) is 0 Å². The van der Waals surface area contributed by atoms with Crippen molar-refractivity contribution in [2.24, 2.45) is 0 Å². The number of para-hydroxylation sites is 3. The van der Waals surface area contributed by atoms with E-state index in [1.165, 1.54) is 38.0 Å². The average Bonchev–Trinajstić information content (AvgIpc) is 3.24. The van der Waals surface area contributed by atoms with E-state index in [4.69, 9.17) is 4.98 Å². The van der Waals surface area contributed by atoms with E-state index in [0.29, 0.717) is 0 Å². The molecule has 0 unspecified atom stereocenters. The number of rotatable bonds is 2. The molecule has 3 heteroatoms. The number of fused-ring (bicyclic) bond motifs is 7. The molecule has 0 aliphatic heterocycles. The summed E-state index contributed by atoms with van der Waals surface area (Å²) in [4.78, 5) is 5.23. The Bertz CT molecular complexity index is 1850. The Labute approximate surface area is 205 Å². The number of aromatic nitrogens is 2. The van der Waals surface area contributed by atoms with Crippen LogP contribution in [0.2, 0.25) is 0 Å². The number of hydrogen-bond donors (Lipinski definition) is 0. The summed E-state index contributed by atoms with van der Waals surface area (Å²) in [6, 6.07) is 40.8. The van der Waals surface area contributed by atoms with Gasteiger partial charge >= 0.3 is 0 Å². The van der Waals surface area contributed by atoms with Gasteiger partial charge in [-0.05, 0) is 41.8 Å². The molecule has 2 aromatic heterocycles. The number of benzene rings is 5. The molecule has 160 valence electrons. The minimum absolute atomic E-state index is 1.01. The van der Waals surface area contributed by atoms with Gasteiger partial charge in [-0.15, -0.1) is 0 Å². The Morgan fingerprint density at radius 2 is 1.24 bits per heavy atom. The topological polar surface area (TPSA) is 17.8 Å². The van der Waals surface area contributed by atoms with Crippen molar-refractivity contribution in [3.05, 3.63) is 120 Å². The van der Waals surface area contributed by atoms with Crippen LogP contribution in [0.3, 0.4) is 0 Å². The van der Waals surface area contributed by atoms with E-state index in [1.807, 2.05) is 0 Å². The highest BCUT2D eigenvalue weighted by Gasteiger charge is 2.19. The molecule has 0 amide bonds. The van der Waals surface area contributed by atoms with Gasteiger partial charge < -0.3 is 4.57 Å². The lowest BCUT2D eigenvalue weighted by molar-refractivity contribution is 1.19. The highest BCUT2D eigenvalue weighted by molar-refractivity contribution is 9.10. The van der Waals surface area contributed by atoms with Gasteiger partial charge in [0.15, 0.2) is 0 Å². The third-order valence-corrected chi connectivity index (χ3v) is 7.16. The molecular weight excluding hydrogens is 480 g/mol. The Morgan fingerprint density at radius 3 is 2.06 bits per heavy atom. The molecule has 0 saturated heterocycles. The summed E-state index contributed by atoms with van der Waals surface area (Å²) >= 11 is 3.59. The molecule has 34 heavy (non-hydrogen) atoms. The van der Waals surface area contributed by atoms with Crippen LogP contribution in [0.5, 0.6) is 0 Å². The highest BCUT2D eigenvalue weighted by atomic mass is 79.9. The van der Waals surface area contributed by atoms with Crippen molar-refractivity contribution >= 4 is 59.4 Å². The van der Waals surface area contributed by atoms with Crippen molar-refractivity contribution in [1.29, 1.82) is 0 Å². The fraction of sp³-hybridized carbons (Fsp3) is 0. The monoisotopic (exact) mass is 498 g/mol. The lowest BCUT2D eigenvalue weighted by atomic mass is 9.97. The summed E-state index contributed by atoms with van der Waals surface area (Å²) in [6.45, 7) is 0. The summed E-state index contributed by atoms with van der Waals surface area (Å²) in [5.74, 6) is 0. The van der Waals surface area contributed by atoms with E-state index >= 15 is 0 Å². The first-order valence-electron chi connectivity index (χ1n) is 11.4. The lowest BCUT2D eigenvalue weighted by Gasteiger charge is -2.14. The average molecular weight is 499 g/mol. The van der Waals surface area contributed by atoms with E-state index in [1.54, 1.807) is 0 Å². The van der Waals surface area contributed by atoms with Crippen LogP contribution in [-0.2, 0) is 0 Å². The maximum atomic E-state index is 5.23.